The van der Waals surface area contributed by atoms with Gasteiger partial charge in [0.15, 0.2) is 5.71 Å². The fourth-order valence-corrected chi connectivity index (χ4v) is 5.92. The van der Waals surface area contributed by atoms with Crippen LogP contribution < -0.4 is 5.32 Å². The van der Waals surface area contributed by atoms with Crippen LogP contribution in [-0.2, 0) is 24.0 Å². The number of amides is 2. The SMILES string of the molecule is O=C(O)CO/N=C(\C(=O)NC1C(=O)N2C(C(=O)O)=C(CSc3cnn[nH]3)CS[C@H]12)c1cscn1. The summed E-state index contributed by atoms with van der Waals surface area (Å²) < 4.78 is 0. The molecule has 4 rings (SSSR count). The van der Waals surface area contributed by atoms with Crippen molar-refractivity contribution in [3.05, 3.63) is 34.1 Å². The third kappa shape index (κ3) is 4.90. The molecule has 2 aromatic rings. The van der Waals surface area contributed by atoms with Gasteiger partial charge in [-0.1, -0.05) is 10.4 Å². The van der Waals surface area contributed by atoms with E-state index in [0.717, 1.165) is 4.90 Å². The van der Waals surface area contributed by atoms with Crippen molar-refractivity contribution in [2.24, 2.45) is 5.16 Å². The van der Waals surface area contributed by atoms with Gasteiger partial charge in [0.25, 0.3) is 11.8 Å². The molecule has 1 unspecified atom stereocenters. The maximum absolute atomic E-state index is 12.8. The molecule has 0 aromatic carbocycles. The lowest BCUT2D eigenvalue weighted by Gasteiger charge is -2.49. The molecule has 2 atom stereocenters. The van der Waals surface area contributed by atoms with Crippen molar-refractivity contribution in [3.8, 4) is 0 Å². The Morgan fingerprint density at radius 1 is 1.38 bits per heavy atom. The lowest BCUT2D eigenvalue weighted by Crippen LogP contribution is -2.71. The van der Waals surface area contributed by atoms with Crippen LogP contribution in [0.15, 0.2) is 38.5 Å². The van der Waals surface area contributed by atoms with Crippen molar-refractivity contribution in [1.29, 1.82) is 0 Å². The fourth-order valence-electron chi connectivity index (χ4n) is 3.11. The minimum atomic E-state index is -1.28. The summed E-state index contributed by atoms with van der Waals surface area (Å²) >= 11 is 3.81. The molecule has 178 valence electrons. The first-order valence-corrected chi connectivity index (χ1v) is 12.3. The zero-order valence-corrected chi connectivity index (χ0v) is 19.4. The van der Waals surface area contributed by atoms with E-state index in [0.29, 0.717) is 22.1 Å². The lowest BCUT2D eigenvalue weighted by molar-refractivity contribution is -0.150. The molecule has 2 amide bonds. The third-order valence-electron chi connectivity index (χ3n) is 4.57. The van der Waals surface area contributed by atoms with Crippen LogP contribution in [0.1, 0.15) is 5.69 Å². The van der Waals surface area contributed by atoms with Crippen molar-refractivity contribution in [2.75, 3.05) is 18.1 Å². The molecular weight excluding hydrogens is 510 g/mol. The average Bonchev–Trinajstić information content (AvgIpc) is 3.52. The Hall–Kier alpha value is -3.44. The van der Waals surface area contributed by atoms with Gasteiger partial charge in [-0.3, -0.25) is 19.6 Å². The summed E-state index contributed by atoms with van der Waals surface area (Å²) in [5.74, 6) is -3.26. The zero-order chi connectivity index (χ0) is 24.2. The van der Waals surface area contributed by atoms with Crippen LogP contribution in [0, 0.1) is 0 Å². The number of oxime groups is 1. The lowest BCUT2D eigenvalue weighted by atomic mass is 10.0. The summed E-state index contributed by atoms with van der Waals surface area (Å²) in [6.07, 6.45) is 1.51. The molecule has 0 bridgehead atoms. The first-order chi connectivity index (χ1) is 16.4. The number of hydrogen-bond donors (Lipinski definition) is 4. The number of rotatable bonds is 10. The van der Waals surface area contributed by atoms with Crippen LogP contribution in [0.25, 0.3) is 0 Å². The quantitative estimate of drug-likeness (QED) is 0.136. The number of nitrogens with one attached hydrogen (secondary N) is 2. The normalized spacial score (nSPS) is 19.9. The number of carbonyl (C=O) groups is 4. The van der Waals surface area contributed by atoms with Gasteiger partial charge < -0.3 is 20.4 Å². The largest absolute Gasteiger partial charge is 0.479 e. The minimum Gasteiger partial charge on any atom is -0.479 e. The van der Waals surface area contributed by atoms with Crippen LogP contribution in [0.5, 0.6) is 0 Å². The van der Waals surface area contributed by atoms with Crippen LogP contribution >= 0.6 is 34.9 Å². The van der Waals surface area contributed by atoms with Crippen molar-refractivity contribution in [1.82, 2.24) is 30.6 Å². The molecule has 14 nitrogen and oxygen atoms in total. The number of carboxylic acid groups (broad SMARTS) is 2. The van der Waals surface area contributed by atoms with Crippen molar-refractivity contribution in [2.45, 2.75) is 16.4 Å². The van der Waals surface area contributed by atoms with Gasteiger partial charge in [0.05, 0.1) is 11.7 Å². The number of thioether (sulfide) groups is 2. The second-order valence-electron chi connectivity index (χ2n) is 6.71. The first-order valence-electron chi connectivity index (χ1n) is 9.36. The molecular formula is C17H15N7O7S3. The summed E-state index contributed by atoms with van der Waals surface area (Å²) in [6, 6.07) is -0.999. The smallest absolute Gasteiger partial charge is 0.352 e. The van der Waals surface area contributed by atoms with Gasteiger partial charge in [-0.25, -0.2) is 14.6 Å². The summed E-state index contributed by atoms with van der Waals surface area (Å²) in [4.78, 5) is 58.1. The standard InChI is InChI=1S/C17H15N7O7S3/c25-10(26)2-31-22-11(8-5-32-6-18-8)14(27)20-12-15(28)24-13(17(29)30)7(4-34-16(12)24)3-33-9-1-19-23-21-9/h1,5-6,12,16H,2-4H2,(H,20,27)(H,25,26)(H,29,30)(H,19,21,23)/b22-11-/t12?,16-/m1/s1. The van der Waals surface area contributed by atoms with Gasteiger partial charge in [0.2, 0.25) is 6.61 Å². The van der Waals surface area contributed by atoms with E-state index < -0.39 is 41.8 Å². The van der Waals surface area contributed by atoms with Crippen molar-refractivity contribution < 1.29 is 34.2 Å². The second-order valence-corrected chi connectivity index (χ2v) is 9.55. The van der Waals surface area contributed by atoms with Gasteiger partial charge in [-0.15, -0.1) is 40.0 Å². The van der Waals surface area contributed by atoms with Gasteiger partial charge in [0.1, 0.15) is 27.8 Å². The molecule has 0 radical (unpaired) electrons. The number of thiazole rings is 1. The predicted molar refractivity (Wildman–Crippen MR) is 119 cm³/mol. The molecule has 2 aliphatic rings. The number of β-lactam (4-membered cyclic amide) rings is 1. The van der Waals surface area contributed by atoms with E-state index in [9.17, 15) is 24.3 Å². The highest BCUT2D eigenvalue weighted by atomic mass is 32.2. The van der Waals surface area contributed by atoms with Crippen LogP contribution in [-0.4, -0.2) is 94.5 Å². The summed E-state index contributed by atoms with van der Waals surface area (Å²) in [7, 11) is 0. The summed E-state index contributed by atoms with van der Waals surface area (Å²) in [5.41, 5.74) is 1.74. The van der Waals surface area contributed by atoms with Crippen LogP contribution in [0.3, 0.4) is 0 Å². The number of carboxylic acids is 2. The Bertz CT molecular complexity index is 1170. The van der Waals surface area contributed by atoms with E-state index in [4.69, 9.17) is 5.11 Å². The molecule has 0 aliphatic carbocycles. The topological polar surface area (TPSA) is 200 Å². The monoisotopic (exact) mass is 525 g/mol. The molecule has 2 aromatic heterocycles. The van der Waals surface area contributed by atoms with Gasteiger partial charge >= 0.3 is 11.9 Å². The molecule has 17 heteroatoms. The Balaban J connectivity index is 1.48. The van der Waals surface area contributed by atoms with E-state index in [-0.39, 0.29) is 17.1 Å². The number of hydrogen-bond acceptors (Lipinski definition) is 12. The Morgan fingerprint density at radius 3 is 2.85 bits per heavy atom. The molecule has 1 saturated heterocycles. The maximum atomic E-state index is 12.8. The Labute approximate surface area is 202 Å². The molecule has 0 spiro atoms. The molecule has 34 heavy (non-hydrogen) atoms. The number of H-pyrrole nitrogens is 1. The molecule has 2 aliphatic heterocycles. The van der Waals surface area contributed by atoms with E-state index >= 15 is 0 Å². The number of aromatic amines is 1. The highest BCUT2D eigenvalue weighted by Crippen LogP contribution is 2.41. The Morgan fingerprint density at radius 2 is 2.21 bits per heavy atom. The summed E-state index contributed by atoms with van der Waals surface area (Å²) in [6.45, 7) is -0.766. The first kappa shape index (κ1) is 23.7. The number of aromatic nitrogens is 4. The van der Waals surface area contributed by atoms with E-state index in [1.807, 2.05) is 0 Å². The van der Waals surface area contributed by atoms with Crippen LogP contribution in [0.2, 0.25) is 0 Å². The van der Waals surface area contributed by atoms with Crippen molar-refractivity contribution in [3.63, 3.8) is 0 Å². The maximum Gasteiger partial charge on any atom is 0.352 e. The Kier molecular flexibility index (Phi) is 7.13. The molecule has 4 N–H and O–H groups in total. The van der Waals surface area contributed by atoms with Gasteiger partial charge in [-0.05, 0) is 5.57 Å². The fraction of sp³-hybridized carbons (Fsp3) is 0.294. The van der Waals surface area contributed by atoms with Gasteiger partial charge in [0, 0.05) is 16.9 Å². The third-order valence-corrected chi connectivity index (χ3v) is 7.49. The highest BCUT2D eigenvalue weighted by Gasteiger charge is 2.54. The average molecular weight is 526 g/mol. The summed E-state index contributed by atoms with van der Waals surface area (Å²) in [5, 5.41) is 36.0. The van der Waals surface area contributed by atoms with E-state index in [1.165, 1.54) is 51.9 Å². The second kappa shape index (κ2) is 10.2. The minimum absolute atomic E-state index is 0.114. The van der Waals surface area contributed by atoms with Crippen molar-refractivity contribution >= 4 is 64.3 Å². The number of nitrogens with zero attached hydrogens (tertiary/aromatic N) is 5. The highest BCUT2D eigenvalue weighted by molar-refractivity contribution is 8.01. The molecule has 1 fully saturated rings. The van der Waals surface area contributed by atoms with Crippen LogP contribution in [0.4, 0.5) is 0 Å². The van der Waals surface area contributed by atoms with Gasteiger partial charge in [-0.2, -0.15) is 0 Å². The number of fused-ring (bicyclic) bond motifs is 1. The number of carbonyl (C=O) groups excluding carboxylic acids is 2. The molecule has 0 saturated carbocycles. The predicted octanol–water partition coefficient (Wildman–Crippen LogP) is -0.403. The van der Waals surface area contributed by atoms with E-state index in [2.05, 4.69) is 35.7 Å². The zero-order valence-electron chi connectivity index (χ0n) is 16.9. The van der Waals surface area contributed by atoms with E-state index in [1.54, 1.807) is 0 Å². The molecule has 4 heterocycles. The number of aliphatic carboxylic acids is 2.